The molecule has 0 fully saturated rings. The first-order valence-electron chi connectivity index (χ1n) is 6.11. The lowest BCUT2D eigenvalue weighted by atomic mass is 10.1. The van der Waals surface area contributed by atoms with Gasteiger partial charge < -0.3 is 0 Å². The Balaban J connectivity index is 2.05. The van der Waals surface area contributed by atoms with Gasteiger partial charge in [0.15, 0.2) is 0 Å². The Morgan fingerprint density at radius 1 is 1.00 bits per heavy atom. The Hall–Kier alpha value is -2.22. The molecular formula is C14H14N2O4S. The normalized spacial score (nSPS) is 11.1. The number of hydrogen-bond acceptors (Lipinski definition) is 4. The molecule has 0 radical (unpaired) electrons. The molecule has 0 saturated carbocycles. The van der Waals surface area contributed by atoms with Crippen molar-refractivity contribution in [3.63, 3.8) is 0 Å². The van der Waals surface area contributed by atoms with Gasteiger partial charge >= 0.3 is 0 Å². The lowest BCUT2D eigenvalue weighted by Crippen LogP contribution is -2.23. The molecule has 0 saturated heterocycles. The maximum Gasteiger partial charge on any atom is 0.274 e. The lowest BCUT2D eigenvalue weighted by molar-refractivity contribution is 0.0706. The molecule has 0 aliphatic heterocycles. The number of amides is 1. The van der Waals surface area contributed by atoms with Crippen LogP contribution in [0.2, 0.25) is 0 Å². The maximum absolute atomic E-state index is 12.0. The van der Waals surface area contributed by atoms with Crippen molar-refractivity contribution in [1.82, 2.24) is 10.2 Å². The van der Waals surface area contributed by atoms with E-state index in [0.717, 1.165) is 0 Å². The number of hydrogen-bond donors (Lipinski definition) is 3. The molecule has 7 heteroatoms. The van der Waals surface area contributed by atoms with Crippen molar-refractivity contribution >= 4 is 15.9 Å². The van der Waals surface area contributed by atoms with Crippen LogP contribution in [0.4, 0.5) is 0 Å². The van der Waals surface area contributed by atoms with Gasteiger partial charge in [0, 0.05) is 12.1 Å². The quantitative estimate of drug-likeness (QED) is 0.573. The highest BCUT2D eigenvalue weighted by Gasteiger charge is 2.12. The largest absolute Gasteiger partial charge is 0.288 e. The molecule has 6 nitrogen and oxygen atoms in total. The highest BCUT2D eigenvalue weighted by Crippen LogP contribution is 2.09. The molecule has 0 aliphatic carbocycles. The van der Waals surface area contributed by atoms with Gasteiger partial charge in [-0.15, -0.1) is 0 Å². The van der Waals surface area contributed by atoms with Crippen molar-refractivity contribution in [1.29, 1.82) is 0 Å². The first-order valence-corrected chi connectivity index (χ1v) is 7.59. The van der Waals surface area contributed by atoms with Crippen LogP contribution in [0.25, 0.3) is 0 Å². The molecule has 2 rings (SSSR count). The number of carbonyl (C=O) groups excluding carboxylic acids is 1. The van der Waals surface area contributed by atoms with Gasteiger partial charge in [0.25, 0.3) is 5.91 Å². The standard InChI is InChI=1S/C14H14N2O4S/c17-14(16-18)12-8-6-11(7-9-12)10-15-21(19,20)13-4-2-1-3-5-13/h1-9,15,18H,10H2,(H,16,17). The van der Waals surface area contributed by atoms with Crippen molar-refractivity contribution < 1.29 is 18.4 Å². The fourth-order valence-electron chi connectivity index (χ4n) is 1.70. The lowest BCUT2D eigenvalue weighted by Gasteiger charge is -2.07. The van der Waals surface area contributed by atoms with Gasteiger partial charge in [-0.25, -0.2) is 18.6 Å². The summed E-state index contributed by atoms with van der Waals surface area (Å²) in [4.78, 5) is 11.3. The summed E-state index contributed by atoms with van der Waals surface area (Å²) in [6.07, 6.45) is 0. The van der Waals surface area contributed by atoms with Crippen LogP contribution >= 0.6 is 0 Å². The van der Waals surface area contributed by atoms with E-state index in [1.54, 1.807) is 30.3 Å². The maximum atomic E-state index is 12.0. The molecule has 2 aromatic carbocycles. The minimum atomic E-state index is -3.56. The van der Waals surface area contributed by atoms with Crippen LogP contribution in [0, 0.1) is 0 Å². The van der Waals surface area contributed by atoms with Crippen molar-refractivity contribution in [3.8, 4) is 0 Å². The second-order valence-corrected chi connectivity index (χ2v) is 6.04. The average molecular weight is 306 g/mol. The first-order chi connectivity index (χ1) is 10.0. The summed E-state index contributed by atoms with van der Waals surface area (Å²) in [5.41, 5.74) is 2.51. The zero-order valence-electron chi connectivity index (χ0n) is 11.0. The third-order valence-corrected chi connectivity index (χ3v) is 4.25. The number of nitrogens with one attached hydrogen (secondary N) is 2. The fraction of sp³-hybridized carbons (Fsp3) is 0.0714. The van der Waals surface area contributed by atoms with Crippen molar-refractivity contribution in [3.05, 3.63) is 65.7 Å². The molecule has 0 unspecified atom stereocenters. The minimum Gasteiger partial charge on any atom is -0.288 e. The summed E-state index contributed by atoms with van der Waals surface area (Å²) in [7, 11) is -3.56. The Morgan fingerprint density at radius 2 is 1.62 bits per heavy atom. The third-order valence-electron chi connectivity index (χ3n) is 2.84. The van der Waals surface area contributed by atoms with Crippen LogP contribution in [0.1, 0.15) is 15.9 Å². The van der Waals surface area contributed by atoms with E-state index >= 15 is 0 Å². The molecule has 0 aliphatic rings. The monoisotopic (exact) mass is 306 g/mol. The zero-order chi connectivity index (χ0) is 15.3. The SMILES string of the molecule is O=C(NO)c1ccc(CNS(=O)(=O)c2ccccc2)cc1. The minimum absolute atomic E-state index is 0.109. The summed E-state index contributed by atoms with van der Waals surface area (Å²) in [6, 6.07) is 14.3. The van der Waals surface area contributed by atoms with E-state index in [9.17, 15) is 13.2 Å². The molecule has 110 valence electrons. The van der Waals surface area contributed by atoms with Gasteiger partial charge in [0.1, 0.15) is 0 Å². The molecule has 0 heterocycles. The topological polar surface area (TPSA) is 95.5 Å². The van der Waals surface area contributed by atoms with Gasteiger partial charge in [-0.2, -0.15) is 0 Å². The summed E-state index contributed by atoms with van der Waals surface area (Å²) < 4.78 is 26.5. The molecule has 0 bridgehead atoms. The Bertz CT molecular complexity index is 712. The smallest absolute Gasteiger partial charge is 0.274 e. The van der Waals surface area contributed by atoms with Gasteiger partial charge in [-0.3, -0.25) is 10.0 Å². The highest BCUT2D eigenvalue weighted by atomic mass is 32.2. The van der Waals surface area contributed by atoms with Crippen molar-refractivity contribution in [2.45, 2.75) is 11.4 Å². The zero-order valence-corrected chi connectivity index (χ0v) is 11.8. The number of hydroxylamine groups is 1. The molecule has 3 N–H and O–H groups in total. The van der Waals surface area contributed by atoms with Gasteiger partial charge in [-0.1, -0.05) is 30.3 Å². The van der Waals surface area contributed by atoms with E-state index in [1.807, 2.05) is 0 Å². The van der Waals surface area contributed by atoms with E-state index in [1.165, 1.54) is 29.7 Å². The molecule has 0 atom stereocenters. The molecular weight excluding hydrogens is 292 g/mol. The highest BCUT2D eigenvalue weighted by molar-refractivity contribution is 7.89. The molecule has 21 heavy (non-hydrogen) atoms. The molecule has 1 amide bonds. The number of sulfonamides is 1. The summed E-state index contributed by atoms with van der Waals surface area (Å²) in [5, 5.41) is 8.50. The van der Waals surface area contributed by atoms with Crippen LogP contribution in [0.5, 0.6) is 0 Å². The third kappa shape index (κ3) is 3.88. The Labute approximate surface area is 122 Å². The fourth-order valence-corrected chi connectivity index (χ4v) is 2.74. The van der Waals surface area contributed by atoms with E-state index in [2.05, 4.69) is 4.72 Å². The molecule has 0 aromatic heterocycles. The number of carbonyl (C=O) groups is 1. The average Bonchev–Trinajstić information content (AvgIpc) is 2.53. The van der Waals surface area contributed by atoms with E-state index in [-0.39, 0.29) is 17.0 Å². The second kappa shape index (κ2) is 6.49. The van der Waals surface area contributed by atoms with E-state index < -0.39 is 15.9 Å². The van der Waals surface area contributed by atoms with Gasteiger partial charge in [0.05, 0.1) is 4.90 Å². The Morgan fingerprint density at radius 3 is 2.19 bits per heavy atom. The summed E-state index contributed by atoms with van der Waals surface area (Å²) in [5.74, 6) is -0.619. The molecule has 0 spiro atoms. The predicted octanol–water partition coefficient (Wildman–Crippen LogP) is 1.28. The van der Waals surface area contributed by atoms with Gasteiger partial charge in [-0.05, 0) is 29.8 Å². The Kier molecular flexibility index (Phi) is 4.69. The second-order valence-electron chi connectivity index (χ2n) is 4.28. The van der Waals surface area contributed by atoms with E-state index in [4.69, 9.17) is 5.21 Å². The van der Waals surface area contributed by atoms with Crippen molar-refractivity contribution in [2.75, 3.05) is 0 Å². The number of benzene rings is 2. The van der Waals surface area contributed by atoms with E-state index in [0.29, 0.717) is 5.56 Å². The first kappa shape index (κ1) is 15.2. The summed E-state index contributed by atoms with van der Waals surface area (Å²) >= 11 is 0. The summed E-state index contributed by atoms with van der Waals surface area (Å²) in [6.45, 7) is 0.109. The van der Waals surface area contributed by atoms with Crippen LogP contribution in [-0.2, 0) is 16.6 Å². The van der Waals surface area contributed by atoms with Crippen LogP contribution in [-0.4, -0.2) is 19.5 Å². The van der Waals surface area contributed by atoms with Crippen LogP contribution in [0.3, 0.4) is 0 Å². The van der Waals surface area contributed by atoms with Crippen LogP contribution < -0.4 is 10.2 Å². The van der Waals surface area contributed by atoms with Crippen molar-refractivity contribution in [2.24, 2.45) is 0 Å². The van der Waals surface area contributed by atoms with Gasteiger partial charge in [0.2, 0.25) is 10.0 Å². The molecule has 2 aromatic rings. The predicted molar refractivity (Wildman–Crippen MR) is 76.2 cm³/mol. The number of rotatable bonds is 5. The van der Waals surface area contributed by atoms with Crippen LogP contribution in [0.15, 0.2) is 59.5 Å².